The Balaban J connectivity index is 1.11. The van der Waals surface area contributed by atoms with Crippen LogP contribution < -0.4 is 75.7 Å². The molecule has 0 saturated carbocycles. The molecule has 6 heterocycles. The van der Waals surface area contributed by atoms with Crippen LogP contribution in [0.5, 0.6) is 5.75 Å². The molecule has 3 fully saturated rings. The number of primary amides is 2. The van der Waals surface area contributed by atoms with Crippen LogP contribution in [0.1, 0.15) is 147 Å². The number of aliphatic hydroxyl groups is 2. The van der Waals surface area contributed by atoms with E-state index in [1.54, 1.807) is 74.8 Å². The van der Waals surface area contributed by atoms with E-state index < -0.39 is 241 Å². The first-order valence-electron chi connectivity index (χ1n) is 46.1. The van der Waals surface area contributed by atoms with Gasteiger partial charge in [0.25, 0.3) is 0 Å². The van der Waals surface area contributed by atoms with E-state index in [4.69, 9.17) is 22.6 Å². The number of carbonyl (C=O) groups is 17. The number of hydrogen-bond donors (Lipinski definition) is 21. The monoisotopic (exact) mass is 1920 g/mol. The van der Waals surface area contributed by atoms with E-state index in [-0.39, 0.29) is 102 Å². The largest absolute Gasteiger partial charge is 0.508 e. The maximum absolute atomic E-state index is 15.8. The molecule has 24 N–H and O–H groups in total. The summed E-state index contributed by atoms with van der Waals surface area (Å²) in [5, 5.41) is 71.0. The van der Waals surface area contributed by atoms with E-state index in [0.29, 0.717) is 69.9 Å². The number of hydrogen-bond acceptors (Lipinski definition) is 23. The molecular formula is C92H130N24O20S. The second-order valence-electron chi connectivity index (χ2n) is 35.3. The van der Waals surface area contributed by atoms with Crippen LogP contribution in [0.4, 0.5) is 0 Å². The SMILES string of the molecule is CCCC[C@H]1C(=O)N(C)[C@@H](CCCC)C(=O)N[C@@H](CCCNC(=N)N)C(=O)NC(C(=O)NCC(N)=O)CSCC(=O)N[C@@H](Cc2ccc(O)cc2)C(=O)N(C)[C@@H](C)C(=O)N[C@@H](CC(N)=O)C(=O)N2CCC[C@H]2C(=O)N[C@@H](Cc2cnc[nH]2)C(=O)N[C@@H](CC(C)C)C(=O)N2C[C@H](O)C[C@H]2C(=O)N[C@@H](Cc2c[nH]c3ccccc23)C(=O)N[C@@H](CCO)C(=O)N[C@@H](Cc2c[nH]c3ccccc23)C(=O)N1C. The van der Waals surface area contributed by atoms with Gasteiger partial charge in [0.2, 0.25) is 100 Å². The van der Waals surface area contributed by atoms with Crippen molar-refractivity contribution in [2.75, 3.05) is 65.4 Å². The third-order valence-electron chi connectivity index (χ3n) is 24.6. The zero-order valence-electron chi connectivity index (χ0n) is 78.3. The Morgan fingerprint density at radius 3 is 1.68 bits per heavy atom. The standard InChI is InChI=1S/C92H130N24O20S/c1-9-11-24-71-84(129)105-62(23-17-32-98-92(95)96)80(125)111-70(79(124)101-45-76(94)121)47-137-48-77(122)103-67(36-52-27-29-56(118)30-28-52)87(132)112(6)51(5)78(123)108-69(41-75(93)120)89(134)115-33-18-26-72(115)85(130)107-65(39-55-44-97-49-102-55)83(128)109-66(35-50(3)4)90(135)116-46-57(119)40-74(116)86(131)106-64(37-53-42-99-60-21-15-13-19-58(53)60)82(127)104-63(31-34-117)81(126)110-68(38-54-43-100-61-22-16-14-20-59(54)61)88(133)114(8)73(25-12-10-2)91(136)113(71)7/h13-16,19-22,27-30,42-44,49-51,57,62-74,99-100,117-119H,9-12,17-18,23-26,31-41,45-48H2,1-8H3,(H2,93,120)(H2,94,121)(H,97,102)(H,101,124)(H,103,122)(H,104,127)(H,105,129)(H,106,131)(H,107,130)(H,108,123)(H,109,128)(H,110,126)(H,111,125)(H4,95,96,98)/t51-,57+,62-,63-,64-,65-,66-,67-,68-,69-,70?,71-,72-,73-,74-/m0/s1. The van der Waals surface area contributed by atoms with Gasteiger partial charge in [0.15, 0.2) is 5.96 Å². The number of guanidine groups is 1. The molecule has 3 aliphatic heterocycles. The number of fused-ring (bicyclic) bond motifs is 4. The third-order valence-corrected chi connectivity index (χ3v) is 25.6. The lowest BCUT2D eigenvalue weighted by Crippen LogP contribution is -2.61. The van der Waals surface area contributed by atoms with E-state index in [1.165, 1.54) is 64.9 Å². The van der Waals surface area contributed by atoms with Crippen LogP contribution >= 0.6 is 11.8 Å². The van der Waals surface area contributed by atoms with Crippen molar-refractivity contribution in [3.63, 3.8) is 0 Å². The number of phenolic OH excluding ortho intramolecular Hbond substituents is 1. The Morgan fingerprint density at radius 1 is 0.547 bits per heavy atom. The fraction of sp³-hybridized carbons (Fsp3) is 0.533. The van der Waals surface area contributed by atoms with E-state index in [1.807, 2.05) is 13.8 Å². The zero-order valence-corrected chi connectivity index (χ0v) is 79.1. The Hall–Kier alpha value is -13.7. The highest BCUT2D eigenvalue weighted by Gasteiger charge is 2.47. The molecule has 44 nitrogen and oxygen atoms in total. The fourth-order valence-electron chi connectivity index (χ4n) is 17.0. The minimum Gasteiger partial charge on any atom is -0.508 e. The average molecular weight is 1920 g/mol. The first-order valence-corrected chi connectivity index (χ1v) is 47.2. The molecule has 3 aromatic heterocycles. The van der Waals surface area contributed by atoms with Gasteiger partial charge in [0.05, 0.1) is 31.1 Å². The van der Waals surface area contributed by atoms with Crippen molar-refractivity contribution in [3.8, 4) is 5.75 Å². The molecule has 9 rings (SSSR count). The smallest absolute Gasteiger partial charge is 0.246 e. The van der Waals surface area contributed by atoms with Gasteiger partial charge in [0, 0.05) is 131 Å². The van der Waals surface area contributed by atoms with Crippen molar-refractivity contribution in [2.45, 2.75) is 241 Å². The molecule has 45 heteroatoms. The molecule has 3 aromatic carbocycles. The van der Waals surface area contributed by atoms with Gasteiger partial charge in [-0.05, 0) is 105 Å². The number of benzene rings is 3. The van der Waals surface area contributed by atoms with Gasteiger partial charge in [-0.1, -0.05) is 102 Å². The van der Waals surface area contributed by atoms with Crippen LogP contribution in [0.3, 0.4) is 0 Å². The molecule has 744 valence electrons. The van der Waals surface area contributed by atoms with Gasteiger partial charge < -0.3 is 130 Å². The third kappa shape index (κ3) is 30.1. The molecule has 0 aliphatic carbocycles. The minimum absolute atomic E-state index is 0.00534. The molecule has 0 spiro atoms. The average Bonchev–Trinajstić information content (AvgIpc) is 1.78. The van der Waals surface area contributed by atoms with Crippen molar-refractivity contribution in [2.24, 2.45) is 23.1 Å². The summed E-state index contributed by atoms with van der Waals surface area (Å²) >= 11 is 0.762. The number of imidazole rings is 1. The molecule has 6 aromatic rings. The number of rotatable bonds is 27. The van der Waals surface area contributed by atoms with Crippen LogP contribution in [-0.2, 0) is 107 Å². The molecule has 15 atom stereocenters. The van der Waals surface area contributed by atoms with Crippen molar-refractivity contribution in [1.82, 2.24) is 103 Å². The van der Waals surface area contributed by atoms with E-state index >= 15 is 38.4 Å². The highest BCUT2D eigenvalue weighted by atomic mass is 32.2. The number of unbranched alkanes of at least 4 members (excludes halogenated alkanes) is 2. The number of phenols is 1. The van der Waals surface area contributed by atoms with Gasteiger partial charge in [0.1, 0.15) is 90.3 Å². The summed E-state index contributed by atoms with van der Waals surface area (Å²) in [4.78, 5) is 270. The fourth-order valence-corrected chi connectivity index (χ4v) is 17.9. The van der Waals surface area contributed by atoms with Crippen LogP contribution in [0, 0.1) is 11.3 Å². The summed E-state index contributed by atoms with van der Waals surface area (Å²) in [6.07, 6.45) is 3.28. The first kappa shape index (κ1) is 107. The number of aromatic nitrogens is 4. The van der Waals surface area contributed by atoms with Gasteiger partial charge in [-0.15, -0.1) is 11.8 Å². The van der Waals surface area contributed by atoms with Crippen molar-refractivity contribution < 1.29 is 96.8 Å². The summed E-state index contributed by atoms with van der Waals surface area (Å²) in [6, 6.07) is -1.91. The molecule has 17 amide bonds. The number of H-pyrrole nitrogens is 3. The predicted octanol–water partition coefficient (Wildman–Crippen LogP) is -2.54. The minimum atomic E-state index is -1.78. The lowest BCUT2D eigenvalue weighted by atomic mass is 9.99. The number of carbonyl (C=O) groups excluding carboxylic acids is 17. The maximum Gasteiger partial charge on any atom is 0.246 e. The van der Waals surface area contributed by atoms with Gasteiger partial charge >= 0.3 is 0 Å². The summed E-state index contributed by atoms with van der Waals surface area (Å²) < 4.78 is 0. The maximum atomic E-state index is 15.8. The van der Waals surface area contributed by atoms with E-state index in [9.17, 15) is 58.5 Å². The molecule has 1 unspecified atom stereocenters. The van der Waals surface area contributed by atoms with Crippen molar-refractivity contribution >= 4 is 140 Å². The molecule has 0 radical (unpaired) electrons. The number of aromatic amines is 3. The first-order chi connectivity index (χ1) is 65.3. The van der Waals surface area contributed by atoms with Crippen LogP contribution in [0.15, 0.2) is 97.7 Å². The normalized spacial score (nSPS) is 24.6. The molecular weight excluding hydrogens is 1790 g/mol. The number of nitrogens with zero attached hydrogens (tertiary/aromatic N) is 6. The quantitative estimate of drug-likeness (QED) is 0.0144. The summed E-state index contributed by atoms with van der Waals surface area (Å²) in [6.45, 7) is 6.41. The number of para-hydroxylation sites is 2. The molecule has 0 bridgehead atoms. The Morgan fingerprint density at radius 2 is 1.08 bits per heavy atom. The van der Waals surface area contributed by atoms with Crippen molar-refractivity contribution in [3.05, 3.63) is 120 Å². The number of amides is 17. The highest BCUT2D eigenvalue weighted by molar-refractivity contribution is 8.00. The molecule has 3 aliphatic rings. The van der Waals surface area contributed by atoms with Gasteiger partial charge in [-0.2, -0.15) is 0 Å². The predicted molar refractivity (Wildman–Crippen MR) is 504 cm³/mol. The van der Waals surface area contributed by atoms with Crippen LogP contribution in [-0.4, -0.2) is 322 Å². The zero-order chi connectivity index (χ0) is 100. The second-order valence-corrected chi connectivity index (χ2v) is 36.3. The number of thioether (sulfide) groups is 1. The molecule has 137 heavy (non-hydrogen) atoms. The highest BCUT2D eigenvalue weighted by Crippen LogP contribution is 2.28. The van der Waals surface area contributed by atoms with E-state index in [2.05, 4.69) is 78.4 Å². The molecule has 3 saturated heterocycles. The second kappa shape index (κ2) is 51.3. The summed E-state index contributed by atoms with van der Waals surface area (Å²) in [5.41, 5.74) is 19.8. The van der Waals surface area contributed by atoms with E-state index in [0.717, 1.165) is 36.3 Å². The number of likely N-dealkylation sites (N-methyl/N-ethyl adjacent to an activating group) is 3. The number of nitrogens with one attached hydrogen (secondary N) is 15. The lowest BCUT2D eigenvalue weighted by Gasteiger charge is -2.36. The van der Waals surface area contributed by atoms with Crippen molar-refractivity contribution in [1.29, 1.82) is 5.41 Å². The Bertz CT molecular complexity index is 5270. The van der Waals surface area contributed by atoms with Gasteiger partial charge in [-0.25, -0.2) is 4.98 Å². The number of aromatic hydroxyl groups is 1. The Labute approximate surface area is 796 Å². The summed E-state index contributed by atoms with van der Waals surface area (Å²) in [5.74, 6) is -17.8. The van der Waals surface area contributed by atoms with Crippen LogP contribution in [0.25, 0.3) is 21.8 Å². The van der Waals surface area contributed by atoms with Crippen LogP contribution in [0.2, 0.25) is 0 Å². The van der Waals surface area contributed by atoms with Gasteiger partial charge in [-0.3, -0.25) is 86.9 Å². The topological polar surface area (TPSA) is 662 Å². The number of nitrogens with two attached hydrogens (primary N) is 3. The summed E-state index contributed by atoms with van der Waals surface area (Å²) in [7, 11) is 3.92. The number of aliphatic hydroxyl groups excluding tert-OH is 2. The Kier molecular flexibility index (Phi) is 40.0. The lowest BCUT2D eigenvalue weighted by molar-refractivity contribution is -0.149.